The summed E-state index contributed by atoms with van der Waals surface area (Å²) in [5.41, 5.74) is 1.98. The Morgan fingerprint density at radius 2 is 1.63 bits per heavy atom. The lowest BCUT2D eigenvalue weighted by Gasteiger charge is -2.12. The van der Waals surface area contributed by atoms with E-state index in [4.69, 9.17) is 4.84 Å². The minimum Gasteiger partial charge on any atom is -0.330 e. The number of nitrogens with zero attached hydrogens (tertiary/aromatic N) is 1. The molecule has 100 valence electrons. The van der Waals surface area contributed by atoms with E-state index in [-0.39, 0.29) is 19.3 Å². The van der Waals surface area contributed by atoms with E-state index in [1.165, 1.54) is 5.56 Å². The molecule has 2 amide bonds. The van der Waals surface area contributed by atoms with Crippen molar-refractivity contribution in [3.63, 3.8) is 0 Å². The summed E-state index contributed by atoms with van der Waals surface area (Å²) >= 11 is 0. The lowest BCUT2D eigenvalue weighted by Crippen LogP contribution is -2.32. The Morgan fingerprint density at radius 3 is 2.16 bits per heavy atom. The summed E-state index contributed by atoms with van der Waals surface area (Å²) in [5, 5.41) is 0.572. The van der Waals surface area contributed by atoms with E-state index in [2.05, 4.69) is 0 Å². The minimum absolute atomic E-state index is 0.0427. The van der Waals surface area contributed by atoms with Crippen LogP contribution in [-0.2, 0) is 32.1 Å². The van der Waals surface area contributed by atoms with Crippen molar-refractivity contribution in [3.05, 3.63) is 35.4 Å². The molecule has 0 bridgehead atoms. The first-order chi connectivity index (χ1) is 9.10. The first-order valence-electron chi connectivity index (χ1n) is 6.24. The van der Waals surface area contributed by atoms with Gasteiger partial charge in [-0.1, -0.05) is 31.2 Å². The van der Waals surface area contributed by atoms with Crippen LogP contribution < -0.4 is 0 Å². The molecule has 0 N–H and O–H groups in total. The third-order valence-corrected chi connectivity index (χ3v) is 2.98. The lowest BCUT2D eigenvalue weighted by molar-refractivity contribution is -0.197. The molecular formula is C14H15NO4. The highest BCUT2D eigenvalue weighted by atomic mass is 16.7. The normalized spacial score (nSPS) is 14.9. The van der Waals surface area contributed by atoms with Gasteiger partial charge >= 0.3 is 5.97 Å². The molecule has 19 heavy (non-hydrogen) atoms. The van der Waals surface area contributed by atoms with Crippen molar-refractivity contribution in [2.75, 3.05) is 0 Å². The summed E-state index contributed by atoms with van der Waals surface area (Å²) in [6.45, 7) is 2.05. The summed E-state index contributed by atoms with van der Waals surface area (Å²) in [4.78, 5) is 39.0. The van der Waals surface area contributed by atoms with Crippen molar-refractivity contribution in [2.24, 2.45) is 0 Å². The van der Waals surface area contributed by atoms with Gasteiger partial charge in [0.05, 0.1) is 6.42 Å². The number of amides is 2. The molecule has 2 rings (SSSR count). The molecule has 0 aliphatic carbocycles. The summed E-state index contributed by atoms with van der Waals surface area (Å²) in [5.74, 6) is -1.52. The quantitative estimate of drug-likeness (QED) is 0.768. The lowest BCUT2D eigenvalue weighted by atomic mass is 10.1. The van der Waals surface area contributed by atoms with E-state index < -0.39 is 17.8 Å². The monoisotopic (exact) mass is 261 g/mol. The molecule has 1 aromatic rings. The Hall–Kier alpha value is -2.17. The molecule has 1 heterocycles. The number of hydrogen-bond acceptors (Lipinski definition) is 4. The van der Waals surface area contributed by atoms with Gasteiger partial charge in [-0.25, -0.2) is 4.79 Å². The summed E-state index contributed by atoms with van der Waals surface area (Å²) < 4.78 is 0. The number of imide groups is 1. The standard InChI is InChI=1S/C14H15NO4/c1-2-10-3-5-11(6-4-10)9-14(18)19-15-12(16)7-8-13(15)17/h3-6H,2,7-9H2,1H3. The van der Waals surface area contributed by atoms with Crippen LogP contribution in [0.1, 0.15) is 30.9 Å². The Kier molecular flexibility index (Phi) is 3.94. The van der Waals surface area contributed by atoms with Crippen molar-refractivity contribution >= 4 is 17.8 Å². The van der Waals surface area contributed by atoms with Crippen LogP contribution >= 0.6 is 0 Å². The van der Waals surface area contributed by atoms with Gasteiger partial charge in [-0.3, -0.25) is 9.59 Å². The van der Waals surface area contributed by atoms with Gasteiger partial charge < -0.3 is 4.84 Å². The molecule has 0 unspecified atom stereocenters. The molecular weight excluding hydrogens is 246 g/mol. The third-order valence-electron chi connectivity index (χ3n) is 2.98. The Balaban J connectivity index is 1.93. The van der Waals surface area contributed by atoms with Gasteiger partial charge in [0.2, 0.25) is 0 Å². The Morgan fingerprint density at radius 1 is 1.11 bits per heavy atom. The predicted molar refractivity (Wildman–Crippen MR) is 66.7 cm³/mol. The van der Waals surface area contributed by atoms with Gasteiger partial charge in [0, 0.05) is 12.8 Å². The number of carbonyl (C=O) groups is 3. The molecule has 1 aliphatic heterocycles. The molecule has 0 radical (unpaired) electrons. The second kappa shape index (κ2) is 5.65. The second-order valence-corrected chi connectivity index (χ2v) is 4.39. The fourth-order valence-corrected chi connectivity index (χ4v) is 1.85. The zero-order valence-electron chi connectivity index (χ0n) is 10.7. The van der Waals surface area contributed by atoms with Crippen LogP contribution in [0.15, 0.2) is 24.3 Å². The molecule has 0 atom stereocenters. The maximum atomic E-state index is 11.6. The van der Waals surface area contributed by atoms with Crippen molar-refractivity contribution in [3.8, 4) is 0 Å². The van der Waals surface area contributed by atoms with Gasteiger partial charge in [-0.05, 0) is 17.5 Å². The number of carbonyl (C=O) groups excluding carboxylic acids is 3. The van der Waals surface area contributed by atoms with E-state index in [1.54, 1.807) is 0 Å². The summed E-state index contributed by atoms with van der Waals surface area (Å²) in [6, 6.07) is 7.56. The summed E-state index contributed by atoms with van der Waals surface area (Å²) in [7, 11) is 0. The zero-order chi connectivity index (χ0) is 13.8. The highest BCUT2D eigenvalue weighted by Gasteiger charge is 2.32. The predicted octanol–water partition coefficient (Wildman–Crippen LogP) is 1.40. The van der Waals surface area contributed by atoms with Crippen molar-refractivity contribution in [1.82, 2.24) is 5.06 Å². The smallest absolute Gasteiger partial charge is 0.330 e. The van der Waals surface area contributed by atoms with Crippen molar-refractivity contribution in [2.45, 2.75) is 32.6 Å². The van der Waals surface area contributed by atoms with E-state index in [1.807, 2.05) is 31.2 Å². The second-order valence-electron chi connectivity index (χ2n) is 4.39. The molecule has 5 nitrogen and oxygen atoms in total. The van der Waals surface area contributed by atoms with Crippen LogP contribution in [-0.4, -0.2) is 22.8 Å². The van der Waals surface area contributed by atoms with Gasteiger partial charge in [-0.15, -0.1) is 5.06 Å². The molecule has 1 saturated heterocycles. The average Bonchev–Trinajstić information content (AvgIpc) is 2.71. The van der Waals surface area contributed by atoms with Gasteiger partial charge in [-0.2, -0.15) is 0 Å². The Bertz CT molecular complexity index is 491. The molecule has 0 spiro atoms. The number of rotatable bonds is 4. The van der Waals surface area contributed by atoms with E-state index in [0.717, 1.165) is 12.0 Å². The molecule has 0 aromatic heterocycles. The maximum Gasteiger partial charge on any atom is 0.337 e. The fourth-order valence-electron chi connectivity index (χ4n) is 1.85. The van der Waals surface area contributed by atoms with Crippen molar-refractivity contribution < 1.29 is 19.2 Å². The number of benzene rings is 1. The third kappa shape index (κ3) is 3.19. The van der Waals surface area contributed by atoms with E-state index in [0.29, 0.717) is 5.06 Å². The molecule has 5 heteroatoms. The topological polar surface area (TPSA) is 63.7 Å². The first-order valence-corrected chi connectivity index (χ1v) is 6.24. The molecule has 1 aliphatic rings. The zero-order valence-corrected chi connectivity index (χ0v) is 10.7. The molecule has 0 saturated carbocycles. The highest BCUT2D eigenvalue weighted by molar-refractivity contribution is 6.01. The minimum atomic E-state index is -0.604. The van der Waals surface area contributed by atoms with Crippen molar-refractivity contribution in [1.29, 1.82) is 0 Å². The van der Waals surface area contributed by atoms with Crippen LogP contribution in [0.25, 0.3) is 0 Å². The number of hydrogen-bond donors (Lipinski definition) is 0. The SMILES string of the molecule is CCc1ccc(CC(=O)ON2C(=O)CCC2=O)cc1. The van der Waals surface area contributed by atoms with E-state index >= 15 is 0 Å². The van der Waals surface area contributed by atoms with Gasteiger partial charge in [0.25, 0.3) is 11.8 Å². The van der Waals surface area contributed by atoms with Crippen LogP contribution in [0.2, 0.25) is 0 Å². The fraction of sp³-hybridized carbons (Fsp3) is 0.357. The van der Waals surface area contributed by atoms with Crippen LogP contribution in [0.4, 0.5) is 0 Å². The molecule has 1 aromatic carbocycles. The first kappa shape index (κ1) is 13.3. The van der Waals surface area contributed by atoms with Crippen LogP contribution in [0.3, 0.4) is 0 Å². The van der Waals surface area contributed by atoms with Gasteiger partial charge in [0.15, 0.2) is 0 Å². The maximum absolute atomic E-state index is 11.6. The highest BCUT2D eigenvalue weighted by Crippen LogP contribution is 2.13. The van der Waals surface area contributed by atoms with Crippen LogP contribution in [0.5, 0.6) is 0 Å². The van der Waals surface area contributed by atoms with Crippen LogP contribution in [0, 0.1) is 0 Å². The summed E-state index contributed by atoms with van der Waals surface area (Å²) in [6.07, 6.45) is 1.19. The number of aryl methyl sites for hydroxylation is 1. The molecule has 1 fully saturated rings. The largest absolute Gasteiger partial charge is 0.337 e. The Labute approximate surface area is 111 Å². The van der Waals surface area contributed by atoms with Gasteiger partial charge in [0.1, 0.15) is 0 Å². The number of hydroxylamine groups is 2. The average molecular weight is 261 g/mol. The van der Waals surface area contributed by atoms with E-state index in [9.17, 15) is 14.4 Å².